The van der Waals surface area contributed by atoms with Crippen LogP contribution in [0.25, 0.3) is 11.5 Å². The minimum Gasteiger partial charge on any atom is -0.420 e. The molecule has 2 aromatic rings. The number of nitrogens with zero attached hydrogens (tertiary/aromatic N) is 3. The predicted molar refractivity (Wildman–Crippen MR) is 78.8 cm³/mol. The number of benzene rings is 1. The van der Waals surface area contributed by atoms with Gasteiger partial charge < -0.3 is 9.52 Å². The smallest absolute Gasteiger partial charge is 0.269 e. The summed E-state index contributed by atoms with van der Waals surface area (Å²) in [4.78, 5) is 10.1. The fraction of sp³-hybridized carbons (Fsp3) is 0.385. The lowest BCUT2D eigenvalue weighted by Gasteiger charge is -2.04. The van der Waals surface area contributed by atoms with E-state index >= 15 is 0 Å². The summed E-state index contributed by atoms with van der Waals surface area (Å²) in [6.45, 7) is 2.12. The van der Waals surface area contributed by atoms with E-state index in [1.165, 1.54) is 12.1 Å². The van der Waals surface area contributed by atoms with Gasteiger partial charge in [0.15, 0.2) is 0 Å². The lowest BCUT2D eigenvalue weighted by Crippen LogP contribution is -2.03. The number of hydrogen-bond acceptors (Lipinski definition) is 7. The van der Waals surface area contributed by atoms with Crippen molar-refractivity contribution in [3.8, 4) is 11.5 Å². The molecule has 0 aliphatic carbocycles. The normalized spacial score (nSPS) is 12.3. The molecule has 0 aliphatic heterocycles. The summed E-state index contributed by atoms with van der Waals surface area (Å²) in [5.74, 6) is 2.46. The molecule has 0 fully saturated rings. The maximum atomic E-state index is 10.6. The van der Waals surface area contributed by atoms with Crippen molar-refractivity contribution in [3.63, 3.8) is 0 Å². The average Bonchev–Trinajstić information content (AvgIpc) is 2.96. The third-order valence-corrected chi connectivity index (χ3v) is 3.99. The summed E-state index contributed by atoms with van der Waals surface area (Å²) in [5, 5.41) is 27.4. The fourth-order valence-electron chi connectivity index (χ4n) is 1.55. The van der Waals surface area contributed by atoms with Crippen molar-refractivity contribution in [2.45, 2.75) is 12.7 Å². The van der Waals surface area contributed by atoms with E-state index in [1.807, 2.05) is 6.92 Å². The molecule has 0 aliphatic rings. The first kappa shape index (κ1) is 15.5. The van der Waals surface area contributed by atoms with E-state index in [0.29, 0.717) is 23.1 Å². The van der Waals surface area contributed by atoms with Crippen molar-refractivity contribution in [2.75, 3.05) is 12.4 Å². The molecule has 0 bridgehead atoms. The second kappa shape index (κ2) is 7.19. The standard InChI is InChI=1S/C13H15N3O4S/c1-9(6-17)7-21-8-12-14-15-13(20-12)10-2-4-11(5-3-10)16(18)19/h2-5,9,17H,6-8H2,1H3. The van der Waals surface area contributed by atoms with Crippen molar-refractivity contribution in [1.82, 2.24) is 10.2 Å². The Balaban J connectivity index is 1.97. The SMILES string of the molecule is CC(CO)CSCc1nnc(-c2ccc([N+](=O)[O-])cc2)o1. The zero-order chi connectivity index (χ0) is 15.2. The van der Waals surface area contributed by atoms with Crippen LogP contribution in [0.4, 0.5) is 5.69 Å². The van der Waals surface area contributed by atoms with E-state index in [9.17, 15) is 10.1 Å². The van der Waals surface area contributed by atoms with Crippen LogP contribution in [-0.4, -0.2) is 32.6 Å². The second-order valence-corrected chi connectivity index (χ2v) is 5.64. The fourth-order valence-corrected chi connectivity index (χ4v) is 2.47. The number of nitro groups is 1. The van der Waals surface area contributed by atoms with Gasteiger partial charge >= 0.3 is 0 Å². The van der Waals surface area contributed by atoms with Crippen LogP contribution in [0.5, 0.6) is 0 Å². The number of rotatable bonds is 7. The molecule has 1 heterocycles. The van der Waals surface area contributed by atoms with Crippen LogP contribution < -0.4 is 0 Å². The van der Waals surface area contributed by atoms with Gasteiger partial charge in [0, 0.05) is 24.3 Å². The largest absolute Gasteiger partial charge is 0.420 e. The van der Waals surface area contributed by atoms with Crippen molar-refractivity contribution in [1.29, 1.82) is 0 Å². The zero-order valence-electron chi connectivity index (χ0n) is 11.4. The Morgan fingerprint density at radius 2 is 2.10 bits per heavy atom. The molecule has 0 spiro atoms. The quantitative estimate of drug-likeness (QED) is 0.619. The minimum atomic E-state index is -0.456. The van der Waals surface area contributed by atoms with Crippen molar-refractivity contribution in [3.05, 3.63) is 40.3 Å². The Bertz CT molecular complexity index is 600. The third kappa shape index (κ3) is 4.27. The number of aliphatic hydroxyl groups is 1. The highest BCUT2D eigenvalue weighted by Gasteiger charge is 2.11. The lowest BCUT2D eigenvalue weighted by atomic mass is 10.2. The Hall–Kier alpha value is -1.93. The first-order chi connectivity index (χ1) is 10.1. The van der Waals surface area contributed by atoms with Gasteiger partial charge in [0.05, 0.1) is 10.7 Å². The van der Waals surface area contributed by atoms with Crippen LogP contribution in [0.1, 0.15) is 12.8 Å². The molecule has 2 rings (SSSR count). The molecule has 7 nitrogen and oxygen atoms in total. The molecule has 1 aromatic carbocycles. The molecule has 1 aromatic heterocycles. The predicted octanol–water partition coefficient (Wildman–Crippen LogP) is 2.51. The molecule has 0 amide bonds. The molecule has 21 heavy (non-hydrogen) atoms. The zero-order valence-corrected chi connectivity index (χ0v) is 12.2. The van der Waals surface area contributed by atoms with E-state index < -0.39 is 4.92 Å². The third-order valence-electron chi connectivity index (χ3n) is 2.73. The Labute approximate surface area is 125 Å². The maximum absolute atomic E-state index is 10.6. The van der Waals surface area contributed by atoms with Gasteiger partial charge in [0.25, 0.3) is 5.69 Å². The number of aromatic nitrogens is 2. The Kier molecular flexibility index (Phi) is 5.29. The second-order valence-electron chi connectivity index (χ2n) is 4.61. The Morgan fingerprint density at radius 3 is 2.71 bits per heavy atom. The van der Waals surface area contributed by atoms with E-state index in [2.05, 4.69) is 10.2 Å². The van der Waals surface area contributed by atoms with Crippen molar-refractivity contribution < 1.29 is 14.4 Å². The van der Waals surface area contributed by atoms with Crippen molar-refractivity contribution >= 4 is 17.4 Å². The van der Waals surface area contributed by atoms with Gasteiger partial charge in [-0.1, -0.05) is 6.92 Å². The van der Waals surface area contributed by atoms with E-state index in [4.69, 9.17) is 9.52 Å². The molecule has 1 N–H and O–H groups in total. The van der Waals surface area contributed by atoms with Gasteiger partial charge in [-0.05, 0) is 23.8 Å². The van der Waals surface area contributed by atoms with Crippen molar-refractivity contribution in [2.24, 2.45) is 5.92 Å². The lowest BCUT2D eigenvalue weighted by molar-refractivity contribution is -0.384. The average molecular weight is 309 g/mol. The van der Waals surface area contributed by atoms with Gasteiger partial charge in [0.2, 0.25) is 11.8 Å². The molecule has 1 unspecified atom stereocenters. The summed E-state index contributed by atoms with van der Waals surface area (Å²) < 4.78 is 5.51. The molecule has 8 heteroatoms. The van der Waals surface area contributed by atoms with Crippen LogP contribution in [-0.2, 0) is 5.75 Å². The summed E-state index contributed by atoms with van der Waals surface area (Å²) >= 11 is 1.61. The van der Waals surface area contributed by atoms with Crippen LogP contribution >= 0.6 is 11.8 Å². The molecule has 0 saturated carbocycles. The number of non-ortho nitro benzene ring substituents is 1. The molecule has 0 saturated heterocycles. The summed E-state index contributed by atoms with van der Waals surface area (Å²) in [5.41, 5.74) is 0.667. The number of thioether (sulfide) groups is 1. The van der Waals surface area contributed by atoms with Crippen LogP contribution in [0, 0.1) is 16.0 Å². The van der Waals surface area contributed by atoms with Crippen LogP contribution in [0.3, 0.4) is 0 Å². The molecular weight excluding hydrogens is 294 g/mol. The highest BCUT2D eigenvalue weighted by molar-refractivity contribution is 7.98. The summed E-state index contributed by atoms with van der Waals surface area (Å²) in [6.07, 6.45) is 0. The molecule has 0 radical (unpaired) electrons. The minimum absolute atomic E-state index is 0.0204. The summed E-state index contributed by atoms with van der Waals surface area (Å²) in [6, 6.07) is 5.96. The van der Waals surface area contributed by atoms with Gasteiger partial charge in [0.1, 0.15) is 0 Å². The first-order valence-corrected chi connectivity index (χ1v) is 7.51. The van der Waals surface area contributed by atoms with E-state index in [1.54, 1.807) is 23.9 Å². The van der Waals surface area contributed by atoms with Gasteiger partial charge in [-0.25, -0.2) is 0 Å². The maximum Gasteiger partial charge on any atom is 0.269 e. The van der Waals surface area contributed by atoms with Gasteiger partial charge in [-0.15, -0.1) is 10.2 Å². The molecule has 112 valence electrons. The molecule has 1 atom stereocenters. The number of hydrogen-bond donors (Lipinski definition) is 1. The highest BCUT2D eigenvalue weighted by Crippen LogP contribution is 2.23. The monoisotopic (exact) mass is 309 g/mol. The van der Waals surface area contributed by atoms with Crippen LogP contribution in [0.2, 0.25) is 0 Å². The number of aliphatic hydroxyl groups excluding tert-OH is 1. The molecular formula is C13H15N3O4S. The topological polar surface area (TPSA) is 102 Å². The number of nitro benzene ring substituents is 1. The van der Waals surface area contributed by atoms with E-state index in [0.717, 1.165) is 5.75 Å². The summed E-state index contributed by atoms with van der Waals surface area (Å²) in [7, 11) is 0. The first-order valence-electron chi connectivity index (χ1n) is 6.36. The van der Waals surface area contributed by atoms with Gasteiger partial charge in [-0.2, -0.15) is 11.8 Å². The van der Waals surface area contributed by atoms with E-state index in [-0.39, 0.29) is 18.2 Å². The Morgan fingerprint density at radius 1 is 1.38 bits per heavy atom. The van der Waals surface area contributed by atoms with Gasteiger partial charge in [-0.3, -0.25) is 10.1 Å². The van der Waals surface area contributed by atoms with Crippen LogP contribution in [0.15, 0.2) is 28.7 Å². The highest BCUT2D eigenvalue weighted by atomic mass is 32.2.